The first-order valence-electron chi connectivity index (χ1n) is 5.49. The zero-order chi connectivity index (χ0) is 14.4. The molecule has 0 saturated heterocycles. The van der Waals surface area contributed by atoms with Gasteiger partial charge in [-0.1, -0.05) is 0 Å². The third-order valence-electron chi connectivity index (χ3n) is 3.40. The van der Waals surface area contributed by atoms with Gasteiger partial charge in [-0.25, -0.2) is 17.2 Å². The number of benzene rings is 1. The van der Waals surface area contributed by atoms with Crippen LogP contribution in [0, 0.1) is 11.6 Å². The summed E-state index contributed by atoms with van der Waals surface area (Å²) in [6, 6.07) is 1.41. The molecule has 0 bridgehead atoms. The lowest BCUT2D eigenvalue weighted by molar-refractivity contribution is 0.186. The molecule has 0 spiro atoms. The van der Waals surface area contributed by atoms with Crippen molar-refractivity contribution in [3.63, 3.8) is 0 Å². The Morgan fingerprint density at radius 3 is 2.42 bits per heavy atom. The topological polar surface area (TPSA) is 57.6 Å². The number of likely N-dealkylation sites (N-methyl/N-ethyl adjacent to an activating group) is 1. The van der Waals surface area contributed by atoms with Crippen LogP contribution in [0.3, 0.4) is 0 Å². The summed E-state index contributed by atoms with van der Waals surface area (Å²) >= 11 is 2.83. The first kappa shape index (κ1) is 14.8. The maximum atomic E-state index is 13.7. The maximum absolute atomic E-state index is 13.7. The number of aliphatic hydroxyl groups is 1. The quantitative estimate of drug-likeness (QED) is 0.838. The Labute approximate surface area is 118 Å². The van der Waals surface area contributed by atoms with Gasteiger partial charge in [0, 0.05) is 13.1 Å². The van der Waals surface area contributed by atoms with E-state index in [1.165, 1.54) is 7.05 Å². The smallest absolute Gasteiger partial charge is 0.246 e. The Morgan fingerprint density at radius 2 is 1.95 bits per heavy atom. The predicted octanol–water partition coefficient (Wildman–Crippen LogP) is 1.87. The number of halogens is 3. The highest BCUT2D eigenvalue weighted by Crippen LogP contribution is 2.43. The number of hydrogen-bond acceptors (Lipinski definition) is 3. The summed E-state index contributed by atoms with van der Waals surface area (Å²) in [5, 5.41) is 9.24. The number of sulfonamides is 1. The lowest BCUT2D eigenvalue weighted by Gasteiger charge is -2.25. The Morgan fingerprint density at radius 1 is 1.37 bits per heavy atom. The largest absolute Gasteiger partial charge is 0.394 e. The molecule has 1 aromatic carbocycles. The van der Waals surface area contributed by atoms with Crippen molar-refractivity contribution < 1.29 is 22.3 Å². The van der Waals surface area contributed by atoms with Crippen molar-refractivity contribution in [1.82, 2.24) is 4.31 Å². The van der Waals surface area contributed by atoms with E-state index in [9.17, 15) is 22.3 Å². The molecule has 1 fully saturated rings. The van der Waals surface area contributed by atoms with Crippen molar-refractivity contribution in [2.24, 2.45) is 0 Å². The summed E-state index contributed by atoms with van der Waals surface area (Å²) in [7, 11) is -2.83. The molecule has 0 radical (unpaired) electrons. The van der Waals surface area contributed by atoms with E-state index in [1.807, 2.05) is 0 Å². The van der Waals surface area contributed by atoms with Crippen molar-refractivity contribution in [2.75, 3.05) is 13.7 Å². The average molecular weight is 356 g/mol. The molecule has 19 heavy (non-hydrogen) atoms. The molecule has 106 valence electrons. The third kappa shape index (κ3) is 2.42. The van der Waals surface area contributed by atoms with Crippen molar-refractivity contribution in [3.05, 3.63) is 28.2 Å². The molecule has 2 rings (SSSR count). The van der Waals surface area contributed by atoms with E-state index < -0.39 is 32.1 Å². The van der Waals surface area contributed by atoms with Gasteiger partial charge in [-0.2, -0.15) is 4.31 Å². The number of aliphatic hydroxyl groups excluding tert-OH is 1. The molecule has 1 N–H and O–H groups in total. The van der Waals surface area contributed by atoms with Gasteiger partial charge in [0.2, 0.25) is 10.0 Å². The lowest BCUT2D eigenvalue weighted by atomic mass is 10.3. The molecule has 1 aliphatic rings. The zero-order valence-electron chi connectivity index (χ0n) is 10.0. The number of nitrogens with zero attached hydrogens (tertiary/aromatic N) is 1. The van der Waals surface area contributed by atoms with Crippen LogP contribution >= 0.6 is 15.9 Å². The van der Waals surface area contributed by atoms with Crippen LogP contribution in [0.2, 0.25) is 0 Å². The van der Waals surface area contributed by atoms with Gasteiger partial charge < -0.3 is 5.11 Å². The van der Waals surface area contributed by atoms with E-state index in [1.54, 1.807) is 0 Å². The summed E-state index contributed by atoms with van der Waals surface area (Å²) in [5.74, 6) is -2.02. The molecule has 1 aliphatic carbocycles. The summed E-state index contributed by atoms with van der Waals surface area (Å²) in [6.45, 7) is -0.327. The predicted molar refractivity (Wildman–Crippen MR) is 68.1 cm³/mol. The molecule has 1 saturated carbocycles. The molecule has 4 nitrogen and oxygen atoms in total. The van der Waals surface area contributed by atoms with Crippen molar-refractivity contribution in [3.8, 4) is 0 Å². The van der Waals surface area contributed by atoms with Crippen molar-refractivity contribution in [1.29, 1.82) is 0 Å². The molecule has 0 unspecified atom stereocenters. The van der Waals surface area contributed by atoms with Gasteiger partial charge >= 0.3 is 0 Å². The first-order chi connectivity index (χ1) is 8.74. The van der Waals surface area contributed by atoms with E-state index in [4.69, 9.17) is 0 Å². The monoisotopic (exact) mass is 355 g/mol. The number of rotatable bonds is 4. The molecule has 0 heterocycles. The summed E-state index contributed by atoms with van der Waals surface area (Å²) < 4.78 is 52.2. The van der Waals surface area contributed by atoms with E-state index >= 15 is 0 Å². The fourth-order valence-corrected chi connectivity index (χ4v) is 3.93. The van der Waals surface area contributed by atoms with Crippen molar-refractivity contribution in [2.45, 2.75) is 23.3 Å². The van der Waals surface area contributed by atoms with Gasteiger partial charge in [0.25, 0.3) is 0 Å². The van der Waals surface area contributed by atoms with Crippen LogP contribution in [0.4, 0.5) is 8.78 Å². The first-order valence-corrected chi connectivity index (χ1v) is 7.72. The van der Waals surface area contributed by atoms with Crippen LogP contribution in [-0.4, -0.2) is 37.0 Å². The second-order valence-corrected chi connectivity index (χ2v) is 7.34. The number of hydrogen-bond donors (Lipinski definition) is 1. The Kier molecular flexibility index (Phi) is 3.72. The van der Waals surface area contributed by atoms with Gasteiger partial charge in [0.15, 0.2) is 0 Å². The molecule has 0 aromatic heterocycles. The molecule has 0 atom stereocenters. The van der Waals surface area contributed by atoms with Crippen LogP contribution in [0.15, 0.2) is 21.5 Å². The van der Waals surface area contributed by atoms with E-state index in [0.717, 1.165) is 10.4 Å². The van der Waals surface area contributed by atoms with Gasteiger partial charge in [-0.3, -0.25) is 0 Å². The third-order valence-corrected chi connectivity index (χ3v) is 5.99. The Hall–Kier alpha value is -0.570. The second kappa shape index (κ2) is 4.76. The maximum Gasteiger partial charge on any atom is 0.246 e. The molecule has 0 amide bonds. The van der Waals surface area contributed by atoms with Gasteiger partial charge in [0.05, 0.1) is 16.6 Å². The highest BCUT2D eigenvalue weighted by atomic mass is 79.9. The standard InChI is InChI=1S/C11H12BrF2NO3S/c1-15(11(6-16)2-3-11)19(17,18)10-4-7(12)8(13)5-9(10)14/h4-5,16H,2-3,6H2,1H3. The van der Waals surface area contributed by atoms with E-state index in [2.05, 4.69) is 15.9 Å². The fraction of sp³-hybridized carbons (Fsp3) is 0.455. The average Bonchev–Trinajstić information content (AvgIpc) is 3.13. The summed E-state index contributed by atoms with van der Waals surface area (Å²) in [5.41, 5.74) is -0.855. The summed E-state index contributed by atoms with van der Waals surface area (Å²) in [4.78, 5) is -0.608. The second-order valence-electron chi connectivity index (χ2n) is 4.55. The molecular weight excluding hydrogens is 344 g/mol. The minimum absolute atomic E-state index is 0.130. The van der Waals surface area contributed by atoms with Crippen LogP contribution in [0.25, 0.3) is 0 Å². The van der Waals surface area contributed by atoms with Gasteiger partial charge in [-0.15, -0.1) is 0 Å². The highest BCUT2D eigenvalue weighted by Gasteiger charge is 2.51. The highest BCUT2D eigenvalue weighted by molar-refractivity contribution is 9.10. The minimum Gasteiger partial charge on any atom is -0.394 e. The van der Waals surface area contributed by atoms with Crippen molar-refractivity contribution >= 4 is 26.0 Å². The molecule has 0 aliphatic heterocycles. The van der Waals surface area contributed by atoms with Crippen LogP contribution < -0.4 is 0 Å². The normalized spacial score (nSPS) is 17.8. The molecular formula is C11H12BrF2NO3S. The van der Waals surface area contributed by atoms with E-state index in [0.29, 0.717) is 18.9 Å². The van der Waals surface area contributed by atoms with Crippen LogP contribution in [-0.2, 0) is 10.0 Å². The molecule has 1 aromatic rings. The SMILES string of the molecule is CN(C1(CO)CC1)S(=O)(=O)c1cc(Br)c(F)cc1F. The fourth-order valence-electron chi connectivity index (χ4n) is 1.82. The van der Waals surface area contributed by atoms with Gasteiger partial charge in [0.1, 0.15) is 16.5 Å². The Balaban J connectivity index is 2.48. The molecule has 8 heteroatoms. The van der Waals surface area contributed by atoms with Gasteiger partial charge in [-0.05, 0) is 34.8 Å². The van der Waals surface area contributed by atoms with E-state index in [-0.39, 0.29) is 11.1 Å². The minimum atomic E-state index is -4.11. The van der Waals surface area contributed by atoms with Crippen LogP contribution in [0.5, 0.6) is 0 Å². The summed E-state index contributed by atoms with van der Waals surface area (Å²) in [6.07, 6.45) is 1.03. The zero-order valence-corrected chi connectivity index (χ0v) is 12.4. The van der Waals surface area contributed by atoms with Crippen LogP contribution in [0.1, 0.15) is 12.8 Å². The lowest BCUT2D eigenvalue weighted by Crippen LogP contribution is -2.41. The Bertz CT molecular complexity index is 617.